The number of carbonyl (C=O) groups excluding carboxylic acids is 2. The number of nitrogens with one attached hydrogen (secondary N) is 1. The smallest absolute Gasteiger partial charge is 0.325 e. The van der Waals surface area contributed by atoms with Crippen LogP contribution in [0.25, 0.3) is 0 Å². The van der Waals surface area contributed by atoms with Crippen LogP contribution in [0.5, 0.6) is 11.5 Å². The van der Waals surface area contributed by atoms with Crippen LogP contribution in [-0.4, -0.2) is 45.1 Å². The van der Waals surface area contributed by atoms with E-state index in [4.69, 9.17) is 21.1 Å². The van der Waals surface area contributed by atoms with Gasteiger partial charge < -0.3 is 19.5 Å². The third-order valence-corrected chi connectivity index (χ3v) is 3.08. The SMILES string of the molecule is COC(=O)C(Cl)CNC(=O)Cc1ccc(OC)c(OC)c1. The first-order chi connectivity index (χ1) is 10.0. The van der Waals surface area contributed by atoms with E-state index in [1.54, 1.807) is 18.2 Å². The highest BCUT2D eigenvalue weighted by Crippen LogP contribution is 2.27. The van der Waals surface area contributed by atoms with Crippen LogP contribution in [0.4, 0.5) is 0 Å². The van der Waals surface area contributed by atoms with Crippen molar-refractivity contribution in [3.63, 3.8) is 0 Å². The van der Waals surface area contributed by atoms with Crippen molar-refractivity contribution in [3.8, 4) is 11.5 Å². The Morgan fingerprint density at radius 2 is 1.86 bits per heavy atom. The molecule has 1 amide bonds. The van der Waals surface area contributed by atoms with E-state index in [0.29, 0.717) is 11.5 Å². The van der Waals surface area contributed by atoms with E-state index in [1.807, 2.05) is 0 Å². The van der Waals surface area contributed by atoms with Crippen molar-refractivity contribution in [2.45, 2.75) is 11.8 Å². The summed E-state index contributed by atoms with van der Waals surface area (Å²) in [6, 6.07) is 5.20. The number of rotatable bonds is 7. The maximum Gasteiger partial charge on any atom is 0.325 e. The molecule has 1 unspecified atom stereocenters. The van der Waals surface area contributed by atoms with Gasteiger partial charge >= 0.3 is 5.97 Å². The van der Waals surface area contributed by atoms with Gasteiger partial charge in [0.05, 0.1) is 27.8 Å². The fourth-order valence-electron chi connectivity index (χ4n) is 1.65. The third kappa shape index (κ3) is 5.15. The molecule has 21 heavy (non-hydrogen) atoms. The van der Waals surface area contributed by atoms with Crippen LogP contribution in [0.15, 0.2) is 18.2 Å². The molecule has 1 atom stereocenters. The average molecular weight is 316 g/mol. The second kappa shape index (κ2) is 8.36. The summed E-state index contributed by atoms with van der Waals surface area (Å²) >= 11 is 5.74. The van der Waals surface area contributed by atoms with Crippen molar-refractivity contribution in [2.75, 3.05) is 27.9 Å². The summed E-state index contributed by atoms with van der Waals surface area (Å²) in [5.74, 6) is 0.306. The lowest BCUT2D eigenvalue weighted by Crippen LogP contribution is -2.35. The van der Waals surface area contributed by atoms with Crippen LogP contribution >= 0.6 is 11.6 Å². The molecule has 1 aromatic rings. The largest absolute Gasteiger partial charge is 0.493 e. The Morgan fingerprint density at radius 1 is 1.19 bits per heavy atom. The Bertz CT molecular complexity index is 506. The molecular formula is C14H18ClNO5. The molecule has 0 spiro atoms. The number of methoxy groups -OCH3 is 3. The molecule has 0 bridgehead atoms. The number of halogens is 1. The number of esters is 1. The van der Waals surface area contributed by atoms with Gasteiger partial charge in [-0.15, -0.1) is 11.6 Å². The van der Waals surface area contributed by atoms with E-state index in [-0.39, 0.29) is 18.9 Å². The molecule has 0 saturated carbocycles. The second-order valence-electron chi connectivity index (χ2n) is 4.16. The molecule has 6 nitrogen and oxygen atoms in total. The Morgan fingerprint density at radius 3 is 2.43 bits per heavy atom. The molecule has 1 rings (SSSR count). The molecule has 0 aliphatic heterocycles. The monoisotopic (exact) mass is 315 g/mol. The summed E-state index contributed by atoms with van der Waals surface area (Å²) in [5, 5.41) is 1.67. The van der Waals surface area contributed by atoms with Crippen LogP contribution in [0, 0.1) is 0 Å². The third-order valence-electron chi connectivity index (χ3n) is 2.75. The van der Waals surface area contributed by atoms with E-state index in [9.17, 15) is 9.59 Å². The van der Waals surface area contributed by atoms with Crippen LogP contribution in [0.1, 0.15) is 5.56 Å². The molecule has 0 fully saturated rings. The maximum absolute atomic E-state index is 11.8. The molecule has 1 N–H and O–H groups in total. The summed E-state index contributed by atoms with van der Waals surface area (Å²) in [4.78, 5) is 22.9. The molecular weight excluding hydrogens is 298 g/mol. The summed E-state index contributed by atoms with van der Waals surface area (Å²) in [5.41, 5.74) is 0.759. The molecule has 116 valence electrons. The number of hydrogen-bond acceptors (Lipinski definition) is 5. The number of ether oxygens (including phenoxy) is 3. The van der Waals surface area contributed by atoms with Crippen molar-refractivity contribution >= 4 is 23.5 Å². The molecule has 0 saturated heterocycles. The van der Waals surface area contributed by atoms with Crippen molar-refractivity contribution in [2.24, 2.45) is 0 Å². The minimum atomic E-state index is -0.899. The highest BCUT2D eigenvalue weighted by Gasteiger charge is 2.16. The first kappa shape index (κ1) is 17.1. The van der Waals surface area contributed by atoms with Crippen molar-refractivity contribution < 1.29 is 23.8 Å². The zero-order valence-electron chi connectivity index (χ0n) is 12.1. The molecule has 0 aliphatic rings. The Labute approximate surface area is 128 Å². The van der Waals surface area contributed by atoms with E-state index in [0.717, 1.165) is 5.56 Å². The first-order valence-corrected chi connectivity index (χ1v) is 6.65. The van der Waals surface area contributed by atoms with Crippen LogP contribution in [0.3, 0.4) is 0 Å². The van der Waals surface area contributed by atoms with Gasteiger partial charge in [0.15, 0.2) is 11.5 Å². The maximum atomic E-state index is 11.8. The molecule has 0 radical (unpaired) electrons. The number of amides is 1. The van der Waals surface area contributed by atoms with E-state index in [2.05, 4.69) is 10.1 Å². The van der Waals surface area contributed by atoms with Gasteiger partial charge in [-0.05, 0) is 17.7 Å². The zero-order valence-corrected chi connectivity index (χ0v) is 12.9. The first-order valence-electron chi connectivity index (χ1n) is 6.21. The van der Waals surface area contributed by atoms with E-state index < -0.39 is 11.3 Å². The minimum Gasteiger partial charge on any atom is -0.493 e. The van der Waals surface area contributed by atoms with Crippen LogP contribution < -0.4 is 14.8 Å². The van der Waals surface area contributed by atoms with Gasteiger partial charge in [0, 0.05) is 6.54 Å². The lowest BCUT2D eigenvalue weighted by molar-refractivity contribution is -0.140. The van der Waals surface area contributed by atoms with Gasteiger partial charge in [-0.3, -0.25) is 9.59 Å². The number of benzene rings is 1. The van der Waals surface area contributed by atoms with Crippen molar-refractivity contribution in [3.05, 3.63) is 23.8 Å². The average Bonchev–Trinajstić information content (AvgIpc) is 2.51. The number of carbonyl (C=O) groups is 2. The summed E-state index contributed by atoms with van der Waals surface area (Å²) in [6.07, 6.45) is 0.144. The van der Waals surface area contributed by atoms with Gasteiger partial charge in [-0.2, -0.15) is 0 Å². The van der Waals surface area contributed by atoms with Gasteiger partial charge in [0.2, 0.25) is 5.91 Å². The van der Waals surface area contributed by atoms with Gasteiger partial charge in [0.1, 0.15) is 5.38 Å². The van der Waals surface area contributed by atoms with Crippen molar-refractivity contribution in [1.29, 1.82) is 0 Å². The number of alkyl halides is 1. The quantitative estimate of drug-likeness (QED) is 0.603. The Hall–Kier alpha value is -1.95. The Balaban J connectivity index is 2.57. The van der Waals surface area contributed by atoms with Crippen LogP contribution in [0.2, 0.25) is 0 Å². The second-order valence-corrected chi connectivity index (χ2v) is 4.69. The lowest BCUT2D eigenvalue weighted by Gasteiger charge is -2.11. The molecule has 0 heterocycles. The molecule has 1 aromatic carbocycles. The number of hydrogen-bond donors (Lipinski definition) is 1. The van der Waals surface area contributed by atoms with Crippen LogP contribution in [-0.2, 0) is 20.7 Å². The zero-order chi connectivity index (χ0) is 15.8. The standard InChI is InChI=1S/C14H18ClNO5/c1-19-11-5-4-9(6-12(11)20-2)7-13(17)16-8-10(15)14(18)21-3/h4-6,10H,7-8H2,1-3H3,(H,16,17). The van der Waals surface area contributed by atoms with Crippen molar-refractivity contribution in [1.82, 2.24) is 5.32 Å². The predicted molar refractivity (Wildman–Crippen MR) is 77.9 cm³/mol. The van der Waals surface area contributed by atoms with Gasteiger partial charge in [0.25, 0.3) is 0 Å². The summed E-state index contributed by atoms with van der Waals surface area (Å²) in [7, 11) is 4.30. The lowest BCUT2D eigenvalue weighted by atomic mass is 10.1. The Kier molecular flexibility index (Phi) is 6.81. The fourth-order valence-corrected chi connectivity index (χ4v) is 1.82. The van der Waals surface area contributed by atoms with Gasteiger partial charge in [-0.25, -0.2) is 0 Å². The van der Waals surface area contributed by atoms with Gasteiger partial charge in [-0.1, -0.05) is 6.07 Å². The predicted octanol–water partition coefficient (Wildman–Crippen LogP) is 1.14. The molecule has 0 aromatic heterocycles. The normalized spacial score (nSPS) is 11.4. The molecule has 0 aliphatic carbocycles. The van der Waals surface area contributed by atoms with E-state index >= 15 is 0 Å². The highest BCUT2D eigenvalue weighted by molar-refractivity contribution is 6.30. The highest BCUT2D eigenvalue weighted by atomic mass is 35.5. The molecule has 7 heteroatoms. The topological polar surface area (TPSA) is 73.9 Å². The minimum absolute atomic E-state index is 0.0142. The fraction of sp³-hybridized carbons (Fsp3) is 0.429. The van der Waals surface area contributed by atoms with E-state index in [1.165, 1.54) is 21.3 Å². The summed E-state index contributed by atoms with van der Waals surface area (Å²) < 4.78 is 14.7. The summed E-state index contributed by atoms with van der Waals surface area (Å²) in [6.45, 7) is 0.0142.